The monoisotopic (exact) mass is 415 g/mol. The quantitative estimate of drug-likeness (QED) is 0.813. The number of amides is 2. The molecule has 1 aliphatic heterocycles. The standard InChI is InChI=1S/C21H25N3O4S/c1-23(29(2,27)28)17-10-8-9-16(15-17)20(25)22-19-12-5-4-11-18(19)21(26)24-13-6-3-7-14-24/h4-5,8-12,15H,3,6-7,13-14H2,1-2H3,(H,22,25). The van der Waals surface area contributed by atoms with Gasteiger partial charge in [0.1, 0.15) is 0 Å². The number of benzene rings is 2. The van der Waals surface area contributed by atoms with Crippen molar-refractivity contribution in [2.45, 2.75) is 19.3 Å². The summed E-state index contributed by atoms with van der Waals surface area (Å²) >= 11 is 0. The van der Waals surface area contributed by atoms with Gasteiger partial charge in [0.2, 0.25) is 10.0 Å². The maximum atomic E-state index is 12.9. The summed E-state index contributed by atoms with van der Waals surface area (Å²) in [6, 6.07) is 13.3. The van der Waals surface area contributed by atoms with Gasteiger partial charge >= 0.3 is 0 Å². The summed E-state index contributed by atoms with van der Waals surface area (Å²) in [4.78, 5) is 27.5. The molecule has 0 bridgehead atoms. The van der Waals surface area contributed by atoms with Gasteiger partial charge in [0.15, 0.2) is 0 Å². The molecule has 1 fully saturated rings. The molecule has 1 heterocycles. The molecule has 0 unspecified atom stereocenters. The number of nitrogens with one attached hydrogen (secondary N) is 1. The number of anilines is 2. The van der Waals surface area contributed by atoms with Crippen molar-refractivity contribution < 1.29 is 18.0 Å². The number of hydrogen-bond donors (Lipinski definition) is 1. The largest absolute Gasteiger partial charge is 0.339 e. The molecular weight excluding hydrogens is 390 g/mol. The van der Waals surface area contributed by atoms with Crippen LogP contribution in [0.5, 0.6) is 0 Å². The Morgan fingerprint density at radius 2 is 1.69 bits per heavy atom. The number of hydrogen-bond acceptors (Lipinski definition) is 4. The zero-order valence-corrected chi connectivity index (χ0v) is 17.4. The topological polar surface area (TPSA) is 86.8 Å². The van der Waals surface area contributed by atoms with E-state index in [2.05, 4.69) is 5.32 Å². The molecule has 29 heavy (non-hydrogen) atoms. The highest BCUT2D eigenvalue weighted by Crippen LogP contribution is 2.22. The van der Waals surface area contributed by atoms with Gasteiger partial charge in [0, 0.05) is 25.7 Å². The van der Waals surface area contributed by atoms with Crippen LogP contribution in [-0.4, -0.2) is 51.5 Å². The Bertz CT molecular complexity index is 1010. The van der Waals surface area contributed by atoms with E-state index in [4.69, 9.17) is 0 Å². The predicted octanol–water partition coefficient (Wildman–Crippen LogP) is 2.96. The lowest BCUT2D eigenvalue weighted by Gasteiger charge is -2.27. The molecule has 0 atom stereocenters. The molecule has 2 amide bonds. The summed E-state index contributed by atoms with van der Waals surface area (Å²) in [7, 11) is -2.01. The molecule has 8 heteroatoms. The van der Waals surface area contributed by atoms with Crippen LogP contribution in [0, 0.1) is 0 Å². The zero-order valence-electron chi connectivity index (χ0n) is 16.6. The van der Waals surface area contributed by atoms with Crippen LogP contribution in [0.15, 0.2) is 48.5 Å². The second kappa shape index (κ2) is 8.65. The number of piperidine rings is 1. The van der Waals surface area contributed by atoms with E-state index in [1.54, 1.807) is 42.5 Å². The summed E-state index contributed by atoms with van der Waals surface area (Å²) < 4.78 is 24.6. The lowest BCUT2D eigenvalue weighted by molar-refractivity contribution is 0.0725. The first-order valence-electron chi connectivity index (χ1n) is 9.51. The van der Waals surface area contributed by atoms with Crippen molar-refractivity contribution >= 4 is 33.2 Å². The lowest BCUT2D eigenvalue weighted by atomic mass is 10.1. The average molecular weight is 416 g/mol. The maximum Gasteiger partial charge on any atom is 0.255 e. The fourth-order valence-corrected chi connectivity index (χ4v) is 3.77. The highest BCUT2D eigenvalue weighted by Gasteiger charge is 2.22. The number of sulfonamides is 1. The first kappa shape index (κ1) is 20.9. The molecule has 1 saturated heterocycles. The minimum absolute atomic E-state index is 0.0915. The SMILES string of the molecule is CN(c1cccc(C(=O)Nc2ccccc2C(=O)N2CCCCC2)c1)S(C)(=O)=O. The highest BCUT2D eigenvalue weighted by atomic mass is 32.2. The van der Waals surface area contributed by atoms with Gasteiger partial charge in [-0.25, -0.2) is 8.42 Å². The van der Waals surface area contributed by atoms with Crippen LogP contribution in [0.4, 0.5) is 11.4 Å². The molecule has 2 aromatic rings. The fourth-order valence-electron chi connectivity index (χ4n) is 3.27. The molecule has 0 spiro atoms. The Kier molecular flexibility index (Phi) is 6.22. The van der Waals surface area contributed by atoms with Crippen LogP contribution in [0.1, 0.15) is 40.0 Å². The number of nitrogens with zero attached hydrogens (tertiary/aromatic N) is 2. The smallest absolute Gasteiger partial charge is 0.255 e. The lowest BCUT2D eigenvalue weighted by Crippen LogP contribution is -2.36. The van der Waals surface area contributed by atoms with E-state index < -0.39 is 15.9 Å². The fraction of sp³-hybridized carbons (Fsp3) is 0.333. The minimum Gasteiger partial charge on any atom is -0.339 e. The predicted molar refractivity (Wildman–Crippen MR) is 114 cm³/mol. The van der Waals surface area contributed by atoms with Gasteiger partial charge in [-0.1, -0.05) is 18.2 Å². The third kappa shape index (κ3) is 4.95. The molecule has 154 valence electrons. The molecule has 2 aromatic carbocycles. The summed E-state index contributed by atoms with van der Waals surface area (Å²) in [6.45, 7) is 1.45. The molecule has 7 nitrogen and oxygen atoms in total. The minimum atomic E-state index is -3.44. The van der Waals surface area contributed by atoms with E-state index in [9.17, 15) is 18.0 Å². The van der Waals surface area contributed by atoms with Gasteiger partial charge in [-0.2, -0.15) is 0 Å². The summed E-state index contributed by atoms with van der Waals surface area (Å²) in [6.07, 6.45) is 4.20. The van der Waals surface area contributed by atoms with Crippen molar-refractivity contribution in [3.8, 4) is 0 Å². The summed E-state index contributed by atoms with van der Waals surface area (Å²) in [5.41, 5.74) is 1.58. The van der Waals surface area contributed by atoms with Crippen LogP contribution in [-0.2, 0) is 10.0 Å². The van der Waals surface area contributed by atoms with Gasteiger partial charge < -0.3 is 10.2 Å². The number of rotatable bonds is 5. The number of carbonyl (C=O) groups excluding carboxylic acids is 2. The maximum absolute atomic E-state index is 12.9. The molecule has 0 aromatic heterocycles. The van der Waals surface area contributed by atoms with Crippen LogP contribution in [0.2, 0.25) is 0 Å². The van der Waals surface area contributed by atoms with Crippen LogP contribution in [0.25, 0.3) is 0 Å². The van der Waals surface area contributed by atoms with Crippen molar-refractivity contribution in [2.75, 3.05) is 36.0 Å². The first-order chi connectivity index (χ1) is 13.8. The van der Waals surface area contributed by atoms with E-state index in [0.29, 0.717) is 22.5 Å². The third-order valence-corrected chi connectivity index (χ3v) is 6.22. The summed E-state index contributed by atoms with van der Waals surface area (Å²) in [5, 5.41) is 2.80. The Balaban J connectivity index is 1.82. The highest BCUT2D eigenvalue weighted by molar-refractivity contribution is 7.92. The van der Waals surface area contributed by atoms with Crippen LogP contribution >= 0.6 is 0 Å². The van der Waals surface area contributed by atoms with E-state index in [1.807, 2.05) is 4.90 Å². The van der Waals surface area contributed by atoms with Gasteiger partial charge in [0.05, 0.1) is 23.2 Å². The normalized spacial score (nSPS) is 14.3. The number of likely N-dealkylation sites (tertiary alicyclic amines) is 1. The molecule has 1 aliphatic rings. The average Bonchev–Trinajstić information content (AvgIpc) is 2.73. The Morgan fingerprint density at radius 1 is 1.00 bits per heavy atom. The van der Waals surface area contributed by atoms with E-state index >= 15 is 0 Å². The van der Waals surface area contributed by atoms with Crippen molar-refractivity contribution in [2.24, 2.45) is 0 Å². The zero-order chi connectivity index (χ0) is 21.0. The molecule has 0 saturated carbocycles. The molecule has 0 aliphatic carbocycles. The summed E-state index contributed by atoms with van der Waals surface area (Å²) in [5.74, 6) is -0.501. The number of para-hydroxylation sites is 1. The molecule has 1 N–H and O–H groups in total. The van der Waals surface area contributed by atoms with E-state index in [0.717, 1.165) is 42.9 Å². The van der Waals surface area contributed by atoms with Gasteiger partial charge in [0.25, 0.3) is 11.8 Å². The van der Waals surface area contributed by atoms with Crippen molar-refractivity contribution in [1.82, 2.24) is 4.90 Å². The van der Waals surface area contributed by atoms with E-state index in [-0.39, 0.29) is 5.91 Å². The van der Waals surface area contributed by atoms with Gasteiger partial charge in [-0.15, -0.1) is 0 Å². The van der Waals surface area contributed by atoms with Crippen molar-refractivity contribution in [3.05, 3.63) is 59.7 Å². The molecular formula is C21H25N3O4S. The molecule has 0 radical (unpaired) electrons. The second-order valence-electron chi connectivity index (χ2n) is 7.13. The third-order valence-electron chi connectivity index (χ3n) is 5.02. The van der Waals surface area contributed by atoms with Crippen molar-refractivity contribution in [1.29, 1.82) is 0 Å². The first-order valence-corrected chi connectivity index (χ1v) is 11.4. The van der Waals surface area contributed by atoms with Crippen LogP contribution in [0.3, 0.4) is 0 Å². The number of carbonyl (C=O) groups is 2. The molecule has 3 rings (SSSR count). The van der Waals surface area contributed by atoms with E-state index in [1.165, 1.54) is 13.1 Å². The van der Waals surface area contributed by atoms with Gasteiger partial charge in [-0.3, -0.25) is 13.9 Å². The van der Waals surface area contributed by atoms with Crippen molar-refractivity contribution in [3.63, 3.8) is 0 Å². The van der Waals surface area contributed by atoms with Crippen LogP contribution < -0.4 is 9.62 Å². The Labute approximate surface area is 171 Å². The Hall–Kier alpha value is -2.87. The van der Waals surface area contributed by atoms with Gasteiger partial charge in [-0.05, 0) is 49.6 Å². The second-order valence-corrected chi connectivity index (χ2v) is 9.15. The Morgan fingerprint density at radius 3 is 2.38 bits per heavy atom.